The van der Waals surface area contributed by atoms with Crippen molar-refractivity contribution in [3.05, 3.63) is 40.7 Å². The molecular formula is C21H34BCl2N7O4. The van der Waals surface area contributed by atoms with Crippen molar-refractivity contribution in [2.45, 2.75) is 57.3 Å². The van der Waals surface area contributed by atoms with E-state index in [9.17, 15) is 4.79 Å². The Bertz CT molecular complexity index is 883. The van der Waals surface area contributed by atoms with Gasteiger partial charge in [0.1, 0.15) is 6.54 Å². The number of amides is 1. The second kappa shape index (κ2) is 15.3. The number of rotatable bonds is 13. The van der Waals surface area contributed by atoms with E-state index in [1.54, 1.807) is 12.1 Å². The molecule has 1 fully saturated rings. The molecule has 0 spiro atoms. The Labute approximate surface area is 217 Å². The quantitative estimate of drug-likeness (QED) is 0.220. The van der Waals surface area contributed by atoms with Crippen LogP contribution in [0.25, 0.3) is 0 Å². The fraction of sp³-hybridized carbons (Fsp3) is 0.619. The summed E-state index contributed by atoms with van der Waals surface area (Å²) in [6, 6.07) is 7.51. The van der Waals surface area contributed by atoms with E-state index in [1.165, 1.54) is 4.68 Å². The van der Waals surface area contributed by atoms with Crippen molar-refractivity contribution in [1.29, 1.82) is 0 Å². The molecule has 1 unspecified atom stereocenters. The van der Waals surface area contributed by atoms with Crippen LogP contribution in [0.2, 0.25) is 5.02 Å². The molecule has 35 heavy (non-hydrogen) atoms. The molecule has 1 aromatic heterocycles. The summed E-state index contributed by atoms with van der Waals surface area (Å²) < 4.78 is 6.34. The molecule has 0 aliphatic carbocycles. The lowest BCUT2D eigenvalue weighted by Gasteiger charge is -2.32. The number of benzene rings is 1. The normalized spacial score (nSPS) is 15.4. The highest BCUT2D eigenvalue weighted by atomic mass is 35.5. The number of hydrogen-bond donors (Lipinski definition) is 4. The topological polar surface area (TPSA) is 138 Å². The van der Waals surface area contributed by atoms with Crippen LogP contribution in [-0.2, 0) is 22.5 Å². The first kappa shape index (κ1) is 29.4. The van der Waals surface area contributed by atoms with E-state index in [0.29, 0.717) is 29.9 Å². The van der Waals surface area contributed by atoms with Gasteiger partial charge in [-0.25, -0.2) is 4.68 Å². The monoisotopic (exact) mass is 529 g/mol. The molecule has 194 valence electrons. The van der Waals surface area contributed by atoms with E-state index < -0.39 is 7.32 Å². The van der Waals surface area contributed by atoms with Crippen LogP contribution >= 0.6 is 24.0 Å². The minimum absolute atomic E-state index is 0. The molecule has 11 nitrogen and oxygen atoms in total. The molecule has 2 aromatic rings. The van der Waals surface area contributed by atoms with Crippen LogP contribution in [0.3, 0.4) is 0 Å². The number of hydrogen-bond acceptors (Lipinski definition) is 9. The number of carbonyl (C=O) groups excluding carboxylic acids is 1. The van der Waals surface area contributed by atoms with Crippen LogP contribution in [0, 0.1) is 0 Å². The van der Waals surface area contributed by atoms with Gasteiger partial charge < -0.3 is 30.2 Å². The van der Waals surface area contributed by atoms with Gasteiger partial charge in [0.2, 0.25) is 5.91 Å². The fourth-order valence-electron chi connectivity index (χ4n) is 3.95. The van der Waals surface area contributed by atoms with Crippen molar-refractivity contribution in [2.24, 2.45) is 0 Å². The molecule has 1 amide bonds. The number of tetrazole rings is 1. The summed E-state index contributed by atoms with van der Waals surface area (Å²) in [5.74, 6) is 0.426. The molecule has 4 N–H and O–H groups in total. The van der Waals surface area contributed by atoms with Crippen LogP contribution in [-0.4, -0.2) is 81.2 Å². The molecule has 0 radical (unpaired) electrons. The summed E-state index contributed by atoms with van der Waals surface area (Å²) in [7, 11) is 0.360. The maximum atomic E-state index is 12.6. The third-order valence-corrected chi connectivity index (χ3v) is 6.13. The number of piperidine rings is 1. The highest BCUT2D eigenvalue weighted by Crippen LogP contribution is 2.21. The largest absolute Gasteiger partial charge is 0.633 e. The molecule has 0 bridgehead atoms. The van der Waals surface area contributed by atoms with Crippen molar-refractivity contribution < 1.29 is 19.5 Å². The molecule has 1 saturated heterocycles. The van der Waals surface area contributed by atoms with Crippen molar-refractivity contribution >= 4 is 37.2 Å². The SMILES string of the molecule is CN1CCC(NC(CCCCOB(O)O)c2nnnn2CC(=O)NCc2ccc(Cl)cc2)CC1.Cl. The Morgan fingerprint density at radius 1 is 1.26 bits per heavy atom. The molecule has 2 heterocycles. The lowest BCUT2D eigenvalue weighted by Crippen LogP contribution is -2.43. The molecule has 1 aromatic carbocycles. The zero-order chi connectivity index (χ0) is 24.3. The van der Waals surface area contributed by atoms with Crippen LogP contribution < -0.4 is 10.6 Å². The summed E-state index contributed by atoms with van der Waals surface area (Å²) in [5.41, 5.74) is 0.951. The Kier molecular flexibility index (Phi) is 12.9. The van der Waals surface area contributed by atoms with Gasteiger partial charge in [0.25, 0.3) is 0 Å². The van der Waals surface area contributed by atoms with Crippen LogP contribution in [0.15, 0.2) is 24.3 Å². The molecule has 0 saturated carbocycles. The number of nitrogens with zero attached hydrogens (tertiary/aromatic N) is 5. The highest BCUT2D eigenvalue weighted by molar-refractivity contribution is 6.32. The number of halogens is 2. The van der Waals surface area contributed by atoms with Gasteiger partial charge in [-0.2, -0.15) is 0 Å². The van der Waals surface area contributed by atoms with Gasteiger partial charge in [-0.05, 0) is 80.4 Å². The maximum Gasteiger partial charge on any atom is 0.633 e. The van der Waals surface area contributed by atoms with Gasteiger partial charge in [-0.3, -0.25) is 4.79 Å². The maximum absolute atomic E-state index is 12.6. The Balaban J connectivity index is 0.00000432. The van der Waals surface area contributed by atoms with Crippen molar-refractivity contribution in [3.63, 3.8) is 0 Å². The predicted molar refractivity (Wildman–Crippen MR) is 135 cm³/mol. The Morgan fingerprint density at radius 3 is 2.66 bits per heavy atom. The second-order valence-corrected chi connectivity index (χ2v) is 9.02. The zero-order valence-corrected chi connectivity index (χ0v) is 21.4. The fourth-order valence-corrected chi connectivity index (χ4v) is 4.08. The van der Waals surface area contributed by atoms with Gasteiger partial charge in [-0.1, -0.05) is 23.7 Å². The van der Waals surface area contributed by atoms with Crippen LogP contribution in [0.5, 0.6) is 0 Å². The number of unbranched alkanes of at least 4 members (excludes halogenated alkanes) is 1. The first-order valence-electron chi connectivity index (χ1n) is 11.6. The van der Waals surface area contributed by atoms with E-state index >= 15 is 0 Å². The summed E-state index contributed by atoms with van der Waals surface area (Å²) in [6.45, 7) is 2.69. The number of nitrogens with one attached hydrogen (secondary N) is 2. The van der Waals surface area contributed by atoms with Gasteiger partial charge in [0, 0.05) is 24.2 Å². The molecular weight excluding hydrogens is 496 g/mol. The van der Waals surface area contributed by atoms with Gasteiger partial charge >= 0.3 is 7.32 Å². The first-order valence-corrected chi connectivity index (χ1v) is 12.0. The summed E-state index contributed by atoms with van der Waals surface area (Å²) >= 11 is 5.91. The predicted octanol–water partition coefficient (Wildman–Crippen LogP) is 0.946. The minimum Gasteiger partial charge on any atom is -0.402 e. The van der Waals surface area contributed by atoms with Crippen molar-refractivity contribution in [2.75, 3.05) is 26.7 Å². The number of aromatic nitrogens is 4. The summed E-state index contributed by atoms with van der Waals surface area (Å²) in [6.07, 6.45) is 4.20. The van der Waals surface area contributed by atoms with Gasteiger partial charge in [-0.15, -0.1) is 17.5 Å². The second-order valence-electron chi connectivity index (χ2n) is 8.59. The third kappa shape index (κ3) is 10.4. The molecule has 14 heteroatoms. The smallest absolute Gasteiger partial charge is 0.402 e. The number of carbonyl (C=O) groups is 1. The van der Waals surface area contributed by atoms with E-state index in [-0.39, 0.29) is 37.5 Å². The average molecular weight is 530 g/mol. The molecule has 1 aliphatic rings. The zero-order valence-electron chi connectivity index (χ0n) is 19.8. The first-order chi connectivity index (χ1) is 16.4. The van der Waals surface area contributed by atoms with Gasteiger partial charge in [0.15, 0.2) is 5.82 Å². The van der Waals surface area contributed by atoms with Gasteiger partial charge in [0.05, 0.1) is 6.04 Å². The number of likely N-dealkylation sites (tertiary alicyclic amines) is 1. The average Bonchev–Trinajstić information content (AvgIpc) is 3.26. The Hall–Kier alpha value is -1.80. The summed E-state index contributed by atoms with van der Waals surface area (Å²) in [4.78, 5) is 14.9. The van der Waals surface area contributed by atoms with E-state index in [0.717, 1.165) is 44.3 Å². The van der Waals surface area contributed by atoms with Crippen molar-refractivity contribution in [3.8, 4) is 0 Å². The van der Waals surface area contributed by atoms with E-state index in [4.69, 9.17) is 26.3 Å². The highest BCUT2D eigenvalue weighted by Gasteiger charge is 2.25. The Morgan fingerprint density at radius 2 is 1.97 bits per heavy atom. The van der Waals surface area contributed by atoms with Crippen LogP contribution in [0.4, 0.5) is 0 Å². The van der Waals surface area contributed by atoms with Crippen molar-refractivity contribution in [1.82, 2.24) is 35.7 Å². The molecule has 3 rings (SSSR count). The standard InChI is InChI=1S/C21H33BClN7O4.ClH/c1-29-11-9-18(10-12-29)25-19(4-2-3-13-34-22(32)33)21-26-27-28-30(21)15-20(31)24-14-16-5-7-17(23)8-6-16;/h5-8,18-19,25,32-33H,2-4,9-15H2,1H3,(H,24,31);1H. The summed E-state index contributed by atoms with van der Waals surface area (Å²) in [5, 5.41) is 37.0. The van der Waals surface area contributed by atoms with Crippen LogP contribution in [0.1, 0.15) is 49.5 Å². The molecule has 1 aliphatic heterocycles. The lowest BCUT2D eigenvalue weighted by molar-refractivity contribution is -0.122. The van der Waals surface area contributed by atoms with E-state index in [1.807, 2.05) is 12.1 Å². The molecule has 1 atom stereocenters. The third-order valence-electron chi connectivity index (χ3n) is 5.88. The van der Waals surface area contributed by atoms with E-state index in [2.05, 4.69) is 38.1 Å². The lowest BCUT2D eigenvalue weighted by atomic mass is 10.0. The minimum atomic E-state index is -1.76.